The maximum absolute atomic E-state index is 14.0. The number of alkyl carbamates (subject to hydrolysis) is 1. The predicted molar refractivity (Wildman–Crippen MR) is 322 cm³/mol. The Bertz CT molecular complexity index is 3680. The van der Waals surface area contributed by atoms with Crippen LogP contribution in [0.15, 0.2) is 138 Å². The summed E-state index contributed by atoms with van der Waals surface area (Å²) in [6.45, 7) is 10.2. The fourth-order valence-electron chi connectivity index (χ4n) is 11.1. The first kappa shape index (κ1) is 56.9. The summed E-state index contributed by atoms with van der Waals surface area (Å²) in [7, 11) is 4.73. The average molecular weight is 1150 g/mol. The molecular weight excluding hydrogens is 1080 g/mol. The summed E-state index contributed by atoms with van der Waals surface area (Å²) >= 11 is 0. The maximum atomic E-state index is 14.0. The lowest BCUT2D eigenvalue weighted by molar-refractivity contribution is -0.128. The summed E-state index contributed by atoms with van der Waals surface area (Å²) in [4.78, 5) is 80.7. The van der Waals surface area contributed by atoms with Crippen LogP contribution in [0.25, 0.3) is 22.3 Å². The van der Waals surface area contributed by atoms with Crippen LogP contribution >= 0.6 is 0 Å². The van der Waals surface area contributed by atoms with Gasteiger partial charge in [-0.2, -0.15) is 0 Å². The van der Waals surface area contributed by atoms with Crippen LogP contribution < -0.4 is 44.4 Å². The van der Waals surface area contributed by atoms with Crippen LogP contribution in [-0.2, 0) is 14.3 Å². The topological polar surface area (TPSA) is 217 Å². The van der Waals surface area contributed by atoms with Gasteiger partial charge in [0.25, 0.3) is 11.8 Å². The van der Waals surface area contributed by atoms with Crippen molar-refractivity contribution in [3.63, 3.8) is 0 Å². The molecule has 5 amide bonds. The number of amides is 5. The molecule has 0 unspecified atom stereocenters. The zero-order chi connectivity index (χ0) is 59.5. The normalized spacial score (nSPS) is 16.8. The van der Waals surface area contributed by atoms with E-state index in [1.165, 1.54) is 14.2 Å². The van der Waals surface area contributed by atoms with Crippen LogP contribution in [0.2, 0.25) is 0 Å². The number of carbonyl (C=O) groups excluding carboxylic acids is 5. The van der Waals surface area contributed by atoms with E-state index in [9.17, 15) is 24.0 Å². The lowest BCUT2D eigenvalue weighted by Gasteiger charge is -2.25. The van der Waals surface area contributed by atoms with Crippen molar-refractivity contribution in [2.45, 2.75) is 70.1 Å². The maximum Gasteiger partial charge on any atom is 0.407 e. The number of anilines is 1. The Morgan fingerprint density at radius 2 is 1.33 bits per heavy atom. The second-order valence-corrected chi connectivity index (χ2v) is 21.6. The summed E-state index contributed by atoms with van der Waals surface area (Å²) in [6.07, 6.45) is 6.03. The Morgan fingerprint density at radius 3 is 1.98 bits per heavy atom. The number of nitrogens with zero attached hydrogens (tertiary/aromatic N) is 4. The van der Waals surface area contributed by atoms with Gasteiger partial charge in [-0.15, -0.1) is 0 Å². The fourth-order valence-corrected chi connectivity index (χ4v) is 11.1. The van der Waals surface area contributed by atoms with Crippen LogP contribution in [0.5, 0.6) is 34.5 Å². The van der Waals surface area contributed by atoms with Crippen molar-refractivity contribution in [1.29, 1.82) is 0 Å². The molecule has 4 heterocycles. The zero-order valence-corrected chi connectivity index (χ0v) is 48.0. The number of ether oxygens (including phenoxy) is 7. The molecule has 1 aliphatic carbocycles. The number of rotatable bonds is 20. The predicted octanol–water partition coefficient (Wildman–Crippen LogP) is 10.5. The van der Waals surface area contributed by atoms with E-state index >= 15 is 0 Å². The number of carbonyl (C=O) groups is 5. The zero-order valence-electron chi connectivity index (χ0n) is 48.0. The van der Waals surface area contributed by atoms with Gasteiger partial charge in [0.05, 0.1) is 62.0 Å². The van der Waals surface area contributed by atoms with Crippen LogP contribution in [0.3, 0.4) is 0 Å². The van der Waals surface area contributed by atoms with Crippen molar-refractivity contribution in [2.75, 3.05) is 53.2 Å². The van der Waals surface area contributed by atoms with E-state index in [-0.39, 0.29) is 56.3 Å². The minimum absolute atomic E-state index is 0.0960. The first-order valence-electron chi connectivity index (χ1n) is 28.2. The van der Waals surface area contributed by atoms with Crippen molar-refractivity contribution in [3.05, 3.63) is 161 Å². The molecule has 0 spiro atoms. The third kappa shape index (κ3) is 11.9. The quantitative estimate of drug-likeness (QED) is 0.0609. The number of benzene rings is 6. The highest BCUT2D eigenvalue weighted by molar-refractivity contribution is 6.06. The third-order valence-electron chi connectivity index (χ3n) is 15.8. The number of hydrogen-bond donors (Lipinski definition) is 3. The molecule has 0 saturated carbocycles. The second kappa shape index (κ2) is 24.5. The van der Waals surface area contributed by atoms with E-state index in [2.05, 4.69) is 34.7 Å². The molecule has 0 saturated heterocycles. The third-order valence-corrected chi connectivity index (χ3v) is 15.8. The smallest absolute Gasteiger partial charge is 0.407 e. The molecule has 4 aliphatic heterocycles. The molecule has 3 N–H and O–H groups in total. The largest absolute Gasteiger partial charge is 0.493 e. The molecule has 85 heavy (non-hydrogen) atoms. The molecule has 4 atom stereocenters. The van der Waals surface area contributed by atoms with Crippen molar-refractivity contribution in [2.24, 2.45) is 15.9 Å². The van der Waals surface area contributed by atoms with E-state index < -0.39 is 36.0 Å². The average Bonchev–Trinajstić information content (AvgIpc) is 2.38. The van der Waals surface area contributed by atoms with Crippen LogP contribution in [-0.4, -0.2) is 124 Å². The summed E-state index contributed by atoms with van der Waals surface area (Å²) < 4.78 is 40.5. The highest BCUT2D eigenvalue weighted by Crippen LogP contribution is 2.46. The van der Waals surface area contributed by atoms with Crippen molar-refractivity contribution in [1.82, 2.24) is 20.4 Å². The van der Waals surface area contributed by atoms with Gasteiger partial charge in [-0.25, -0.2) is 4.79 Å². The highest BCUT2D eigenvalue weighted by Gasteiger charge is 2.36. The lowest BCUT2D eigenvalue weighted by Crippen LogP contribution is -2.53. The van der Waals surface area contributed by atoms with E-state index in [0.717, 1.165) is 44.5 Å². The van der Waals surface area contributed by atoms with Crippen LogP contribution in [0, 0.1) is 5.92 Å². The number of fused-ring (bicyclic) bond motifs is 7. The molecule has 0 aromatic heterocycles. The number of methoxy groups -OCH3 is 2. The molecule has 11 rings (SSSR count). The van der Waals surface area contributed by atoms with E-state index in [4.69, 9.17) is 43.1 Å². The Hall–Kier alpha value is -9.91. The van der Waals surface area contributed by atoms with Gasteiger partial charge < -0.3 is 58.9 Å². The number of nitrogens with one attached hydrogen (secondary N) is 3. The van der Waals surface area contributed by atoms with Crippen molar-refractivity contribution >= 4 is 70.4 Å². The van der Waals surface area contributed by atoms with Gasteiger partial charge in [-0.1, -0.05) is 87.2 Å². The van der Waals surface area contributed by atoms with Crippen LogP contribution in [0.4, 0.5) is 21.9 Å². The molecular formula is C66H65N7O12. The second-order valence-electron chi connectivity index (χ2n) is 21.6. The van der Waals surface area contributed by atoms with Gasteiger partial charge in [0, 0.05) is 62.3 Å². The SMILES string of the molecule is C=C(C[C@H]1C=Nc2cc(OCCCOc3cc4c(cc3OC)C(=O)N3C=C(c5ccc6c(c5)OCO6)C[C@H]3C=N4)c(OC)cc2C(=O)N1C)c1ccc(NC(=O)[C@H](C)NC(=O)[C@@H](NC(=O)OCC2c3ccccc3-c3ccccc32)C(C)C)cc1. The van der Waals surface area contributed by atoms with Crippen molar-refractivity contribution < 1.29 is 57.1 Å². The molecule has 19 nitrogen and oxygen atoms in total. The van der Waals surface area contributed by atoms with Gasteiger partial charge >= 0.3 is 6.09 Å². The minimum Gasteiger partial charge on any atom is -0.493 e. The Morgan fingerprint density at radius 1 is 0.706 bits per heavy atom. The molecule has 6 aromatic rings. The molecule has 5 aliphatic rings. The first-order valence-corrected chi connectivity index (χ1v) is 28.2. The van der Waals surface area contributed by atoms with Gasteiger partial charge in [0.2, 0.25) is 18.6 Å². The molecule has 436 valence electrons. The molecule has 6 aromatic carbocycles. The van der Waals surface area contributed by atoms with Gasteiger partial charge in [-0.3, -0.25) is 29.2 Å². The minimum atomic E-state index is -0.962. The lowest BCUT2D eigenvalue weighted by atomic mass is 9.98. The molecule has 19 heteroatoms. The van der Waals surface area contributed by atoms with Gasteiger partial charge in [-0.05, 0) is 100 Å². The van der Waals surface area contributed by atoms with Crippen LogP contribution in [0.1, 0.15) is 88.9 Å². The number of hydrogen-bond acceptors (Lipinski definition) is 14. The fraction of sp³-hybridized carbons (Fsp3) is 0.288. The highest BCUT2D eigenvalue weighted by atomic mass is 16.7. The Kier molecular flexibility index (Phi) is 16.4. The molecule has 0 bridgehead atoms. The first-order chi connectivity index (χ1) is 41.2. The standard InChI is InChI=1S/C66H65N7O12/c1-37(2)61(71-66(78)83-35-52-48-15-10-8-13-46(48)47-14-9-11-16-49(47)52)63(75)69-39(4)62(74)70-43-20-17-40(18-21-43)38(3)25-44-32-67-53-30-59(56(79-6)28-50(53)64(76)72(44)5)81-23-12-24-82-60-31-54-51(29-57(60)80-7)65(77)73-34-42(26-45(73)33-68-54)41-19-22-55-58(27-41)85-36-84-55/h8-11,13-22,27-34,37,39,44-45,52,61H,3,12,23-26,35-36H2,1-2,4-7H3,(H,69,75)(H,70,74)(H,71,78)/t39-,44-,45-,61-/m0/s1. The molecule has 0 fully saturated rings. The summed E-state index contributed by atoms with van der Waals surface area (Å²) in [5.41, 5.74) is 9.92. The summed E-state index contributed by atoms with van der Waals surface area (Å²) in [5.74, 6) is 1.05. The Labute approximate surface area is 492 Å². The van der Waals surface area contributed by atoms with Gasteiger partial charge in [0.15, 0.2) is 34.5 Å². The van der Waals surface area contributed by atoms with Gasteiger partial charge in [0.1, 0.15) is 18.7 Å². The summed E-state index contributed by atoms with van der Waals surface area (Å²) in [5, 5.41) is 8.30. The van der Waals surface area contributed by atoms with E-state index in [1.54, 1.807) is 86.4 Å². The van der Waals surface area contributed by atoms with E-state index in [1.807, 2.05) is 72.9 Å². The monoisotopic (exact) mass is 1150 g/mol. The molecule has 0 radical (unpaired) electrons. The van der Waals surface area contributed by atoms with E-state index in [0.29, 0.717) is 81.9 Å². The Balaban J connectivity index is 0.648. The van der Waals surface area contributed by atoms with Crippen molar-refractivity contribution in [3.8, 4) is 45.6 Å². The summed E-state index contributed by atoms with van der Waals surface area (Å²) in [6, 6.07) is 33.0. The number of aliphatic imine (C=N–C) groups is 2.